The highest BCUT2D eigenvalue weighted by atomic mass is 127. The van der Waals surface area contributed by atoms with Crippen molar-refractivity contribution in [3.05, 3.63) is 58.1 Å². The molecule has 136 valence electrons. The lowest BCUT2D eigenvalue weighted by molar-refractivity contribution is 0.0949. The molecule has 0 aliphatic rings. The van der Waals surface area contributed by atoms with Gasteiger partial charge in [0, 0.05) is 41.8 Å². The molecule has 3 aromatic heterocycles. The van der Waals surface area contributed by atoms with Crippen molar-refractivity contribution in [2.45, 2.75) is 0 Å². The number of nitrogens with zero attached hydrogens (tertiary/aromatic N) is 3. The second-order valence-electron chi connectivity index (χ2n) is 5.39. The van der Waals surface area contributed by atoms with E-state index in [4.69, 9.17) is 4.74 Å². The van der Waals surface area contributed by atoms with E-state index in [1.807, 2.05) is 22.7 Å². The number of hydrogen-bond acceptors (Lipinski definition) is 5. The number of pyridine rings is 2. The van der Waals surface area contributed by atoms with Crippen LogP contribution in [0.25, 0.3) is 5.65 Å². The third kappa shape index (κ3) is 4.88. The van der Waals surface area contributed by atoms with Gasteiger partial charge in [-0.1, -0.05) is 0 Å². The fourth-order valence-electron chi connectivity index (χ4n) is 2.27. The van der Waals surface area contributed by atoms with E-state index in [1.165, 1.54) is 12.3 Å². The highest BCUT2D eigenvalue weighted by molar-refractivity contribution is 14.1. The number of imidazole rings is 1. The number of aromatic nitrogens is 3. The summed E-state index contributed by atoms with van der Waals surface area (Å²) >= 11 is 2.21. The van der Waals surface area contributed by atoms with Crippen molar-refractivity contribution >= 4 is 34.1 Å². The van der Waals surface area contributed by atoms with Crippen LogP contribution in [0.2, 0.25) is 0 Å². The monoisotopic (exact) mass is 469 g/mol. The molecule has 0 saturated carbocycles. The third-order valence-electron chi connectivity index (χ3n) is 3.50. The quantitative estimate of drug-likeness (QED) is 0.299. The molecule has 0 unspecified atom stereocenters. The van der Waals surface area contributed by atoms with Gasteiger partial charge in [-0.05, 0) is 46.9 Å². The van der Waals surface area contributed by atoms with Crippen LogP contribution in [0.15, 0.2) is 42.9 Å². The number of amides is 1. The predicted molar refractivity (Wildman–Crippen MR) is 103 cm³/mol. The molecule has 2 N–H and O–H groups in total. The summed E-state index contributed by atoms with van der Waals surface area (Å²) in [5.74, 6) is -0.717. The molecule has 0 radical (unpaired) electrons. The van der Waals surface area contributed by atoms with Crippen molar-refractivity contribution in [3.63, 3.8) is 0 Å². The van der Waals surface area contributed by atoms with Gasteiger partial charge in [0.1, 0.15) is 17.9 Å². The first kappa shape index (κ1) is 18.5. The summed E-state index contributed by atoms with van der Waals surface area (Å²) in [6.07, 6.45) is 4.98. The fraction of sp³-hybridized carbons (Fsp3) is 0.235. The van der Waals surface area contributed by atoms with E-state index in [0.29, 0.717) is 31.9 Å². The van der Waals surface area contributed by atoms with Gasteiger partial charge >= 0.3 is 0 Å². The van der Waals surface area contributed by atoms with Gasteiger partial charge in [0.2, 0.25) is 0 Å². The zero-order valence-corrected chi connectivity index (χ0v) is 15.9. The van der Waals surface area contributed by atoms with Crippen LogP contribution in [0.3, 0.4) is 0 Å². The molecule has 0 aromatic carbocycles. The Hall–Kier alpha value is -2.27. The highest BCUT2D eigenvalue weighted by Crippen LogP contribution is 2.12. The maximum Gasteiger partial charge on any atom is 0.271 e. The lowest BCUT2D eigenvalue weighted by atomic mass is 10.4. The SMILES string of the molecule is O=C(NCCNCCOc1cccnc1F)c1cn2cc(I)ccc2n1. The molecule has 3 aromatic rings. The van der Waals surface area contributed by atoms with E-state index >= 15 is 0 Å². The molecule has 0 aliphatic carbocycles. The second kappa shape index (κ2) is 8.90. The number of hydrogen-bond donors (Lipinski definition) is 2. The molecule has 0 aliphatic heterocycles. The van der Waals surface area contributed by atoms with Gasteiger partial charge in [0.15, 0.2) is 5.75 Å². The Kier molecular flexibility index (Phi) is 6.34. The van der Waals surface area contributed by atoms with E-state index < -0.39 is 5.95 Å². The molecular formula is C17H17FIN5O2. The van der Waals surface area contributed by atoms with E-state index in [2.05, 4.69) is 43.2 Å². The minimum absolute atomic E-state index is 0.129. The zero-order valence-electron chi connectivity index (χ0n) is 13.8. The lowest BCUT2D eigenvalue weighted by Gasteiger charge is -2.08. The molecule has 3 rings (SSSR count). The number of carbonyl (C=O) groups excluding carboxylic acids is 1. The molecule has 9 heteroatoms. The third-order valence-corrected chi connectivity index (χ3v) is 4.13. The standard InChI is InChI=1S/C17H17FIN5O2/c18-16-14(2-1-5-21-16)26-9-8-20-6-7-22-17(25)13-11-24-10-12(19)3-4-15(24)23-13/h1-5,10-11,20H,6-9H2,(H,22,25). The molecule has 0 saturated heterocycles. The number of fused-ring (bicyclic) bond motifs is 1. The molecule has 0 fully saturated rings. The Labute approximate surface area is 163 Å². The van der Waals surface area contributed by atoms with Crippen molar-refractivity contribution in [1.82, 2.24) is 25.0 Å². The Morgan fingerprint density at radius 1 is 1.23 bits per heavy atom. The van der Waals surface area contributed by atoms with Crippen molar-refractivity contribution < 1.29 is 13.9 Å². The number of carbonyl (C=O) groups is 1. The molecule has 0 atom stereocenters. The Morgan fingerprint density at radius 2 is 2.12 bits per heavy atom. The van der Waals surface area contributed by atoms with Gasteiger partial charge < -0.3 is 19.8 Å². The van der Waals surface area contributed by atoms with Gasteiger partial charge in [-0.25, -0.2) is 9.97 Å². The van der Waals surface area contributed by atoms with Crippen LogP contribution in [0.5, 0.6) is 5.75 Å². The van der Waals surface area contributed by atoms with Crippen LogP contribution in [0.1, 0.15) is 10.5 Å². The minimum atomic E-state index is -0.623. The summed E-state index contributed by atoms with van der Waals surface area (Å²) in [6.45, 7) is 1.85. The maximum absolute atomic E-state index is 13.3. The molecule has 0 spiro atoms. The maximum atomic E-state index is 13.3. The van der Waals surface area contributed by atoms with Gasteiger partial charge in [0.05, 0.1) is 0 Å². The van der Waals surface area contributed by atoms with Crippen LogP contribution in [0, 0.1) is 9.52 Å². The molecular weight excluding hydrogens is 452 g/mol. The minimum Gasteiger partial charge on any atom is -0.487 e. The zero-order chi connectivity index (χ0) is 18.4. The van der Waals surface area contributed by atoms with Crippen molar-refractivity contribution in [2.75, 3.05) is 26.2 Å². The first-order valence-electron chi connectivity index (χ1n) is 8.00. The molecule has 7 nitrogen and oxygen atoms in total. The molecule has 3 heterocycles. The van der Waals surface area contributed by atoms with E-state index in [1.54, 1.807) is 12.3 Å². The van der Waals surface area contributed by atoms with E-state index in [9.17, 15) is 9.18 Å². The van der Waals surface area contributed by atoms with Gasteiger partial charge in [-0.3, -0.25) is 4.79 Å². The molecule has 0 bridgehead atoms. The Balaban J connectivity index is 1.35. The summed E-state index contributed by atoms with van der Waals surface area (Å²) < 4.78 is 21.4. The Morgan fingerprint density at radius 3 is 2.96 bits per heavy atom. The summed E-state index contributed by atoms with van der Waals surface area (Å²) in [6, 6.07) is 6.94. The normalized spacial score (nSPS) is 10.8. The van der Waals surface area contributed by atoms with E-state index in [-0.39, 0.29) is 11.7 Å². The highest BCUT2D eigenvalue weighted by Gasteiger charge is 2.10. The van der Waals surface area contributed by atoms with Crippen LogP contribution in [-0.4, -0.2) is 46.5 Å². The van der Waals surface area contributed by atoms with Crippen LogP contribution >= 0.6 is 22.6 Å². The number of rotatable bonds is 8. The average molecular weight is 469 g/mol. The van der Waals surface area contributed by atoms with Gasteiger partial charge in [-0.2, -0.15) is 4.39 Å². The van der Waals surface area contributed by atoms with Crippen LogP contribution in [0.4, 0.5) is 4.39 Å². The summed E-state index contributed by atoms with van der Waals surface area (Å²) in [5.41, 5.74) is 1.11. The summed E-state index contributed by atoms with van der Waals surface area (Å²) in [4.78, 5) is 19.9. The van der Waals surface area contributed by atoms with Crippen LogP contribution in [-0.2, 0) is 0 Å². The van der Waals surface area contributed by atoms with Crippen LogP contribution < -0.4 is 15.4 Å². The number of halogens is 2. The first-order chi connectivity index (χ1) is 12.6. The summed E-state index contributed by atoms with van der Waals surface area (Å²) in [5, 5.41) is 5.91. The second-order valence-corrected chi connectivity index (χ2v) is 6.63. The Bertz CT molecular complexity index is 902. The largest absolute Gasteiger partial charge is 0.487 e. The van der Waals surface area contributed by atoms with Gasteiger partial charge in [-0.15, -0.1) is 0 Å². The smallest absolute Gasteiger partial charge is 0.271 e. The van der Waals surface area contributed by atoms with E-state index in [0.717, 1.165) is 9.22 Å². The topological polar surface area (TPSA) is 80.5 Å². The first-order valence-corrected chi connectivity index (χ1v) is 9.08. The summed E-state index contributed by atoms with van der Waals surface area (Å²) in [7, 11) is 0. The molecule has 1 amide bonds. The molecule has 26 heavy (non-hydrogen) atoms. The fourth-order valence-corrected chi connectivity index (χ4v) is 2.75. The number of nitrogens with one attached hydrogen (secondary N) is 2. The van der Waals surface area contributed by atoms with Crippen molar-refractivity contribution in [1.29, 1.82) is 0 Å². The predicted octanol–water partition coefficient (Wildman–Crippen LogP) is 1.87. The average Bonchev–Trinajstić information content (AvgIpc) is 3.05. The van der Waals surface area contributed by atoms with Gasteiger partial charge in [0.25, 0.3) is 11.9 Å². The van der Waals surface area contributed by atoms with Crippen molar-refractivity contribution in [2.24, 2.45) is 0 Å². The van der Waals surface area contributed by atoms with Crippen molar-refractivity contribution in [3.8, 4) is 5.75 Å². The lowest BCUT2D eigenvalue weighted by Crippen LogP contribution is -2.33. The number of ether oxygens (including phenoxy) is 1.